The second kappa shape index (κ2) is 4.78. The molecular formula is C13H21N3O. The molecule has 17 heavy (non-hydrogen) atoms. The van der Waals surface area contributed by atoms with Crippen LogP contribution in [0.3, 0.4) is 0 Å². The third kappa shape index (κ3) is 2.24. The monoisotopic (exact) mass is 235 g/mol. The van der Waals surface area contributed by atoms with E-state index in [1.54, 1.807) is 0 Å². The Morgan fingerprint density at radius 2 is 2.18 bits per heavy atom. The molecule has 1 aromatic rings. The van der Waals surface area contributed by atoms with Crippen LogP contribution in [0, 0.1) is 6.92 Å². The quantitative estimate of drug-likeness (QED) is 0.821. The first kappa shape index (κ1) is 11.2. The van der Waals surface area contributed by atoms with E-state index in [2.05, 4.69) is 10.6 Å². The number of rotatable bonds is 2. The molecule has 0 spiro atoms. The molecule has 2 unspecified atom stereocenters. The molecule has 0 saturated carbocycles. The van der Waals surface area contributed by atoms with Crippen LogP contribution in [0.25, 0.3) is 0 Å². The van der Waals surface area contributed by atoms with Crippen molar-refractivity contribution in [3.05, 3.63) is 17.3 Å². The first-order chi connectivity index (χ1) is 8.34. The topological polar surface area (TPSA) is 50.1 Å². The molecule has 3 rings (SSSR count). The molecule has 2 saturated heterocycles. The summed E-state index contributed by atoms with van der Waals surface area (Å²) < 4.78 is 5.86. The highest BCUT2D eigenvalue weighted by molar-refractivity contribution is 5.16. The number of oxazole rings is 1. The van der Waals surface area contributed by atoms with Crippen LogP contribution in [-0.4, -0.2) is 24.6 Å². The fraction of sp³-hybridized carbons (Fsp3) is 0.769. The summed E-state index contributed by atoms with van der Waals surface area (Å²) in [6.07, 6.45) is 4.92. The number of nitrogens with one attached hydrogen (secondary N) is 2. The molecule has 4 nitrogen and oxygen atoms in total. The Kier molecular flexibility index (Phi) is 3.16. The summed E-state index contributed by atoms with van der Waals surface area (Å²) in [6.45, 7) is 5.25. The predicted octanol–water partition coefficient (Wildman–Crippen LogP) is 1.87. The number of nitrogens with zero attached hydrogens (tertiary/aromatic N) is 1. The van der Waals surface area contributed by atoms with Crippen molar-refractivity contribution in [3.8, 4) is 0 Å². The molecule has 4 heteroatoms. The molecule has 0 bridgehead atoms. The van der Waals surface area contributed by atoms with E-state index in [-0.39, 0.29) is 0 Å². The van der Waals surface area contributed by atoms with Gasteiger partial charge in [-0.1, -0.05) is 6.42 Å². The Balaban J connectivity index is 1.79. The zero-order chi connectivity index (χ0) is 11.7. The van der Waals surface area contributed by atoms with Crippen LogP contribution in [0.2, 0.25) is 0 Å². The molecule has 2 aliphatic heterocycles. The van der Waals surface area contributed by atoms with Gasteiger partial charge >= 0.3 is 0 Å². The van der Waals surface area contributed by atoms with E-state index in [0.717, 1.165) is 43.4 Å². The lowest BCUT2D eigenvalue weighted by Gasteiger charge is -2.21. The maximum absolute atomic E-state index is 5.86. The van der Waals surface area contributed by atoms with Crippen molar-refractivity contribution in [1.29, 1.82) is 0 Å². The Hall–Kier alpha value is -0.870. The van der Waals surface area contributed by atoms with E-state index in [1.807, 2.05) is 6.92 Å². The molecule has 94 valence electrons. The lowest BCUT2D eigenvalue weighted by molar-refractivity contribution is 0.399. The van der Waals surface area contributed by atoms with Gasteiger partial charge in [0.25, 0.3) is 0 Å². The van der Waals surface area contributed by atoms with Gasteiger partial charge in [0.2, 0.25) is 0 Å². The third-order valence-electron chi connectivity index (χ3n) is 3.90. The summed E-state index contributed by atoms with van der Waals surface area (Å²) in [5.74, 6) is 2.42. The van der Waals surface area contributed by atoms with Crippen LogP contribution in [0.4, 0.5) is 0 Å². The van der Waals surface area contributed by atoms with Gasteiger partial charge in [-0.25, -0.2) is 4.98 Å². The van der Waals surface area contributed by atoms with Gasteiger partial charge < -0.3 is 15.1 Å². The third-order valence-corrected chi connectivity index (χ3v) is 3.90. The summed E-state index contributed by atoms with van der Waals surface area (Å²) >= 11 is 0. The molecule has 0 radical (unpaired) electrons. The SMILES string of the molecule is Cc1oc(C2CCNC2)nc1C1CCCCN1. The minimum absolute atomic E-state index is 0.413. The summed E-state index contributed by atoms with van der Waals surface area (Å²) in [5, 5.41) is 6.91. The zero-order valence-corrected chi connectivity index (χ0v) is 10.5. The average Bonchev–Trinajstić information content (AvgIpc) is 2.99. The fourth-order valence-corrected chi connectivity index (χ4v) is 2.88. The van der Waals surface area contributed by atoms with Crippen LogP contribution >= 0.6 is 0 Å². The van der Waals surface area contributed by atoms with E-state index in [9.17, 15) is 0 Å². The lowest BCUT2D eigenvalue weighted by Crippen LogP contribution is -2.27. The highest BCUT2D eigenvalue weighted by Crippen LogP contribution is 2.29. The molecule has 0 amide bonds. The van der Waals surface area contributed by atoms with Crippen LogP contribution in [0.1, 0.15) is 55.0 Å². The molecule has 2 fully saturated rings. The van der Waals surface area contributed by atoms with E-state index in [4.69, 9.17) is 9.40 Å². The number of aryl methyl sites for hydroxylation is 1. The Labute approximate surface area is 102 Å². The van der Waals surface area contributed by atoms with Crippen molar-refractivity contribution in [2.75, 3.05) is 19.6 Å². The Bertz CT molecular complexity index is 376. The van der Waals surface area contributed by atoms with E-state index in [0.29, 0.717) is 12.0 Å². The van der Waals surface area contributed by atoms with Gasteiger partial charge in [0, 0.05) is 12.5 Å². The number of aromatic nitrogens is 1. The molecule has 1 aromatic heterocycles. The number of piperidine rings is 1. The Morgan fingerprint density at radius 3 is 2.88 bits per heavy atom. The smallest absolute Gasteiger partial charge is 0.199 e. The van der Waals surface area contributed by atoms with E-state index >= 15 is 0 Å². The van der Waals surface area contributed by atoms with E-state index in [1.165, 1.54) is 19.3 Å². The molecule has 2 atom stereocenters. The minimum Gasteiger partial charge on any atom is -0.445 e. The van der Waals surface area contributed by atoms with Gasteiger partial charge in [0.05, 0.1) is 11.7 Å². The molecule has 2 aliphatic rings. The van der Waals surface area contributed by atoms with Gasteiger partial charge in [-0.05, 0) is 39.3 Å². The lowest BCUT2D eigenvalue weighted by atomic mass is 10.0. The van der Waals surface area contributed by atoms with Crippen molar-refractivity contribution in [2.45, 2.75) is 44.6 Å². The molecular weight excluding hydrogens is 214 g/mol. The van der Waals surface area contributed by atoms with E-state index < -0.39 is 0 Å². The van der Waals surface area contributed by atoms with Crippen molar-refractivity contribution >= 4 is 0 Å². The summed E-state index contributed by atoms with van der Waals surface area (Å²) in [4.78, 5) is 4.75. The minimum atomic E-state index is 0.413. The molecule has 3 heterocycles. The van der Waals surface area contributed by atoms with Crippen LogP contribution in [0.15, 0.2) is 4.42 Å². The molecule has 0 aromatic carbocycles. The van der Waals surface area contributed by atoms with Crippen molar-refractivity contribution in [3.63, 3.8) is 0 Å². The molecule has 0 aliphatic carbocycles. The van der Waals surface area contributed by atoms with Gasteiger partial charge in [0.15, 0.2) is 5.89 Å². The van der Waals surface area contributed by atoms with Gasteiger partial charge in [-0.2, -0.15) is 0 Å². The summed E-state index contributed by atoms with van der Waals surface area (Å²) in [5.41, 5.74) is 1.15. The second-order valence-corrected chi connectivity index (χ2v) is 5.19. The van der Waals surface area contributed by atoms with Crippen LogP contribution < -0.4 is 10.6 Å². The number of hydrogen-bond donors (Lipinski definition) is 2. The highest BCUT2D eigenvalue weighted by atomic mass is 16.4. The zero-order valence-electron chi connectivity index (χ0n) is 10.5. The van der Waals surface area contributed by atoms with Gasteiger partial charge in [-0.3, -0.25) is 0 Å². The molecule has 2 N–H and O–H groups in total. The van der Waals surface area contributed by atoms with Crippen LogP contribution in [0.5, 0.6) is 0 Å². The second-order valence-electron chi connectivity index (χ2n) is 5.19. The standard InChI is InChI=1S/C13H21N3O/c1-9-12(11-4-2-3-6-15-11)16-13(17-9)10-5-7-14-8-10/h10-11,14-15H,2-8H2,1H3. The van der Waals surface area contributed by atoms with Crippen molar-refractivity contribution < 1.29 is 4.42 Å². The average molecular weight is 235 g/mol. The Morgan fingerprint density at radius 1 is 1.24 bits per heavy atom. The maximum atomic E-state index is 5.86. The largest absolute Gasteiger partial charge is 0.445 e. The highest BCUT2D eigenvalue weighted by Gasteiger charge is 2.26. The predicted molar refractivity (Wildman–Crippen MR) is 66.1 cm³/mol. The first-order valence-electron chi connectivity index (χ1n) is 6.76. The van der Waals surface area contributed by atoms with Gasteiger partial charge in [-0.15, -0.1) is 0 Å². The summed E-state index contributed by atoms with van der Waals surface area (Å²) in [7, 11) is 0. The van der Waals surface area contributed by atoms with Crippen LogP contribution in [-0.2, 0) is 0 Å². The van der Waals surface area contributed by atoms with Crippen molar-refractivity contribution in [2.24, 2.45) is 0 Å². The van der Waals surface area contributed by atoms with Gasteiger partial charge in [0.1, 0.15) is 5.76 Å². The maximum Gasteiger partial charge on any atom is 0.199 e. The first-order valence-corrected chi connectivity index (χ1v) is 6.76. The summed E-state index contributed by atoms with van der Waals surface area (Å²) in [6, 6.07) is 0.413. The van der Waals surface area contributed by atoms with Crippen molar-refractivity contribution in [1.82, 2.24) is 15.6 Å². The fourth-order valence-electron chi connectivity index (χ4n) is 2.88. The number of hydrogen-bond acceptors (Lipinski definition) is 4. The normalized spacial score (nSPS) is 29.7.